The summed E-state index contributed by atoms with van der Waals surface area (Å²) in [4.78, 5) is 17.2. The summed E-state index contributed by atoms with van der Waals surface area (Å²) in [6.45, 7) is 0. The Morgan fingerprint density at radius 3 is 2.58 bits per heavy atom. The Morgan fingerprint density at radius 1 is 1.08 bits per heavy atom. The third kappa shape index (κ3) is 3.01. The minimum Gasteiger partial charge on any atom is -0.490 e. The van der Waals surface area contributed by atoms with Gasteiger partial charge in [0.15, 0.2) is 0 Å². The van der Waals surface area contributed by atoms with Gasteiger partial charge in [-0.2, -0.15) is 0 Å². The lowest BCUT2D eigenvalue weighted by Gasteiger charge is -2.26. The first-order valence-corrected chi connectivity index (χ1v) is 8.66. The molecule has 0 aliphatic heterocycles. The number of benzene rings is 1. The van der Waals surface area contributed by atoms with Crippen LogP contribution in [-0.2, 0) is 10.2 Å². The smallest absolute Gasteiger partial charge is 0.322 e. The second-order valence-corrected chi connectivity index (χ2v) is 6.71. The molecule has 1 aromatic heterocycles. The number of rotatable bonds is 5. The van der Waals surface area contributed by atoms with Crippen LogP contribution in [0.25, 0.3) is 0 Å². The van der Waals surface area contributed by atoms with Crippen molar-refractivity contribution in [3.05, 3.63) is 54.4 Å². The highest BCUT2D eigenvalue weighted by Crippen LogP contribution is 2.42. The van der Waals surface area contributed by atoms with Crippen LogP contribution >= 0.6 is 0 Å². The highest BCUT2D eigenvalue weighted by atomic mass is 16.5. The van der Waals surface area contributed by atoms with Crippen molar-refractivity contribution >= 4 is 5.97 Å². The van der Waals surface area contributed by atoms with Crippen LogP contribution in [0, 0.1) is 0 Å². The zero-order valence-corrected chi connectivity index (χ0v) is 13.6. The summed E-state index contributed by atoms with van der Waals surface area (Å²) in [5, 5.41) is 0. The minimum atomic E-state index is -0.568. The monoisotopic (exact) mass is 323 g/mol. The number of hydrogen-bond acceptors (Lipinski definition) is 4. The Labute approximate surface area is 141 Å². The zero-order valence-electron chi connectivity index (χ0n) is 13.6. The van der Waals surface area contributed by atoms with Crippen molar-refractivity contribution < 1.29 is 14.3 Å². The molecule has 0 atom stereocenters. The van der Waals surface area contributed by atoms with Gasteiger partial charge in [-0.15, -0.1) is 0 Å². The number of ether oxygens (including phenoxy) is 2. The largest absolute Gasteiger partial charge is 0.490 e. The van der Waals surface area contributed by atoms with Crippen molar-refractivity contribution in [2.24, 2.45) is 0 Å². The van der Waals surface area contributed by atoms with Crippen molar-refractivity contribution in [3.63, 3.8) is 0 Å². The van der Waals surface area contributed by atoms with E-state index in [2.05, 4.69) is 4.98 Å². The fourth-order valence-corrected chi connectivity index (χ4v) is 3.43. The molecule has 2 aliphatic carbocycles. The molecule has 2 aromatic rings. The SMILES string of the molecule is O=C(Oc1cccc(OC2CC2)c1)C1(c2cccnc2)CCCC1. The standard InChI is InChI=1S/C20H21NO3/c22-19(20(10-1-2-11-20)15-5-4-12-21-14-15)24-18-7-3-6-17(13-18)23-16-8-9-16/h3-7,12-14,16H,1-2,8-11H2. The summed E-state index contributed by atoms with van der Waals surface area (Å²) in [7, 11) is 0. The second-order valence-electron chi connectivity index (χ2n) is 6.71. The first-order valence-electron chi connectivity index (χ1n) is 8.66. The number of aromatic nitrogens is 1. The quantitative estimate of drug-likeness (QED) is 0.615. The van der Waals surface area contributed by atoms with E-state index >= 15 is 0 Å². The molecular weight excluding hydrogens is 302 g/mol. The molecule has 0 amide bonds. The van der Waals surface area contributed by atoms with Crippen LogP contribution in [0.15, 0.2) is 48.8 Å². The maximum atomic E-state index is 13.0. The van der Waals surface area contributed by atoms with Gasteiger partial charge in [0.1, 0.15) is 11.5 Å². The van der Waals surface area contributed by atoms with Gasteiger partial charge < -0.3 is 9.47 Å². The Bertz CT molecular complexity index is 719. The lowest BCUT2D eigenvalue weighted by Crippen LogP contribution is -2.36. The number of pyridine rings is 1. The highest BCUT2D eigenvalue weighted by Gasteiger charge is 2.44. The molecule has 0 saturated heterocycles. The summed E-state index contributed by atoms with van der Waals surface area (Å²) in [5.74, 6) is 1.13. The van der Waals surface area contributed by atoms with Gasteiger partial charge in [0, 0.05) is 18.5 Å². The van der Waals surface area contributed by atoms with Crippen molar-refractivity contribution in [1.29, 1.82) is 0 Å². The molecule has 1 aromatic carbocycles. The predicted octanol–water partition coefficient (Wildman–Crippen LogP) is 4.04. The van der Waals surface area contributed by atoms with E-state index < -0.39 is 5.41 Å². The molecule has 0 radical (unpaired) electrons. The van der Waals surface area contributed by atoms with E-state index in [1.165, 1.54) is 0 Å². The van der Waals surface area contributed by atoms with Gasteiger partial charge >= 0.3 is 5.97 Å². The van der Waals surface area contributed by atoms with Gasteiger partial charge in [-0.3, -0.25) is 9.78 Å². The van der Waals surface area contributed by atoms with Crippen LogP contribution in [0.2, 0.25) is 0 Å². The van der Waals surface area contributed by atoms with Crippen molar-refractivity contribution in [3.8, 4) is 11.5 Å². The van der Waals surface area contributed by atoms with E-state index in [1.807, 2.05) is 36.4 Å². The van der Waals surface area contributed by atoms with E-state index in [4.69, 9.17) is 9.47 Å². The molecule has 24 heavy (non-hydrogen) atoms. The summed E-state index contributed by atoms with van der Waals surface area (Å²) in [5.41, 5.74) is 0.389. The van der Waals surface area contributed by atoms with E-state index in [0.29, 0.717) is 11.9 Å². The lowest BCUT2D eigenvalue weighted by molar-refractivity contribution is -0.140. The van der Waals surface area contributed by atoms with Crippen molar-refractivity contribution in [2.75, 3.05) is 0 Å². The van der Waals surface area contributed by atoms with Crippen LogP contribution in [0.3, 0.4) is 0 Å². The van der Waals surface area contributed by atoms with Crippen LogP contribution < -0.4 is 9.47 Å². The topological polar surface area (TPSA) is 48.4 Å². The molecule has 0 N–H and O–H groups in total. The molecular formula is C20H21NO3. The van der Waals surface area contributed by atoms with Gasteiger partial charge in [0.25, 0.3) is 0 Å². The Morgan fingerprint density at radius 2 is 1.88 bits per heavy atom. The van der Waals surface area contributed by atoms with Crippen LogP contribution in [0.5, 0.6) is 11.5 Å². The molecule has 2 aliphatic rings. The fourth-order valence-electron chi connectivity index (χ4n) is 3.43. The van der Waals surface area contributed by atoms with Gasteiger partial charge in [-0.1, -0.05) is 25.0 Å². The molecule has 2 saturated carbocycles. The summed E-state index contributed by atoms with van der Waals surface area (Å²) in [6, 6.07) is 11.2. The first kappa shape index (κ1) is 15.2. The average molecular weight is 323 g/mol. The molecule has 0 unspecified atom stereocenters. The average Bonchev–Trinajstić information content (AvgIpc) is 3.27. The van der Waals surface area contributed by atoms with Gasteiger partial charge in [-0.25, -0.2) is 0 Å². The van der Waals surface area contributed by atoms with Gasteiger partial charge in [-0.05, 0) is 49.4 Å². The number of carbonyl (C=O) groups is 1. The van der Waals surface area contributed by atoms with E-state index in [0.717, 1.165) is 49.8 Å². The predicted molar refractivity (Wildman–Crippen MR) is 90.1 cm³/mol. The summed E-state index contributed by atoms with van der Waals surface area (Å²) in [6.07, 6.45) is 9.76. The number of nitrogens with zero attached hydrogens (tertiary/aromatic N) is 1. The van der Waals surface area contributed by atoms with Gasteiger partial charge in [0.2, 0.25) is 0 Å². The third-order valence-electron chi connectivity index (χ3n) is 4.91. The van der Waals surface area contributed by atoms with E-state index in [9.17, 15) is 4.79 Å². The Hall–Kier alpha value is -2.36. The zero-order chi connectivity index (χ0) is 16.4. The fraction of sp³-hybridized carbons (Fsp3) is 0.400. The van der Waals surface area contributed by atoms with E-state index in [1.54, 1.807) is 12.4 Å². The third-order valence-corrected chi connectivity index (χ3v) is 4.91. The Balaban J connectivity index is 1.55. The second kappa shape index (κ2) is 6.27. The summed E-state index contributed by atoms with van der Waals surface area (Å²) < 4.78 is 11.5. The Kier molecular flexibility index (Phi) is 3.97. The molecule has 4 heteroatoms. The molecule has 2 fully saturated rings. The normalized spacial score (nSPS) is 19.0. The summed E-state index contributed by atoms with van der Waals surface area (Å²) >= 11 is 0. The highest BCUT2D eigenvalue weighted by molar-refractivity contribution is 5.85. The first-order chi connectivity index (χ1) is 11.8. The molecule has 0 spiro atoms. The lowest BCUT2D eigenvalue weighted by atomic mass is 9.80. The van der Waals surface area contributed by atoms with E-state index in [-0.39, 0.29) is 5.97 Å². The maximum absolute atomic E-state index is 13.0. The molecule has 0 bridgehead atoms. The molecule has 4 nitrogen and oxygen atoms in total. The van der Waals surface area contributed by atoms with Gasteiger partial charge in [0.05, 0.1) is 11.5 Å². The van der Waals surface area contributed by atoms with Crippen LogP contribution in [-0.4, -0.2) is 17.1 Å². The maximum Gasteiger partial charge on any atom is 0.322 e. The van der Waals surface area contributed by atoms with Crippen LogP contribution in [0.4, 0.5) is 0 Å². The number of carbonyl (C=O) groups excluding carboxylic acids is 1. The minimum absolute atomic E-state index is 0.184. The molecule has 1 heterocycles. The molecule has 124 valence electrons. The van der Waals surface area contributed by atoms with Crippen molar-refractivity contribution in [2.45, 2.75) is 50.0 Å². The van der Waals surface area contributed by atoms with Crippen LogP contribution in [0.1, 0.15) is 44.1 Å². The number of hydrogen-bond donors (Lipinski definition) is 0. The molecule has 4 rings (SSSR count). The van der Waals surface area contributed by atoms with Crippen molar-refractivity contribution in [1.82, 2.24) is 4.98 Å². The number of esters is 1.